The molecule has 0 saturated heterocycles. The van der Waals surface area contributed by atoms with Gasteiger partial charge in [0, 0.05) is 17.0 Å². The molecule has 0 aliphatic carbocycles. The summed E-state index contributed by atoms with van der Waals surface area (Å²) >= 11 is 16.8. The molecule has 23 heavy (non-hydrogen) atoms. The quantitative estimate of drug-likeness (QED) is 0.575. The van der Waals surface area contributed by atoms with Crippen LogP contribution in [0.5, 0.6) is 0 Å². The van der Waals surface area contributed by atoms with Gasteiger partial charge in [-0.1, -0.05) is 77.3 Å². The minimum Gasteiger partial charge on any atom is -0.456 e. The zero-order valence-corrected chi connectivity index (χ0v) is 13.9. The van der Waals surface area contributed by atoms with Gasteiger partial charge in [0.2, 0.25) is 0 Å². The second-order valence-corrected chi connectivity index (χ2v) is 7.05. The van der Waals surface area contributed by atoms with Crippen LogP contribution in [0.4, 0.5) is 0 Å². The average molecular weight is 367 g/mol. The van der Waals surface area contributed by atoms with E-state index >= 15 is 0 Å². The van der Waals surface area contributed by atoms with Crippen LogP contribution in [0.1, 0.15) is 0 Å². The van der Waals surface area contributed by atoms with Crippen LogP contribution in [0.2, 0.25) is 0 Å². The molecule has 0 aliphatic heterocycles. The summed E-state index contributed by atoms with van der Waals surface area (Å²) in [6, 6.07) is 18.4. The van der Waals surface area contributed by atoms with E-state index in [9.17, 15) is 4.79 Å². The van der Waals surface area contributed by atoms with Crippen LogP contribution < -0.4 is 5.36 Å². The monoisotopic (exact) mass is 365 g/mol. The molecule has 0 unspecified atom stereocenters. The summed E-state index contributed by atoms with van der Waals surface area (Å²) in [6.07, 6.45) is 0. The number of amides is 1. The summed E-state index contributed by atoms with van der Waals surface area (Å²) in [4.78, 5) is 15.9. The Morgan fingerprint density at radius 2 is 1.61 bits per heavy atom. The van der Waals surface area contributed by atoms with Crippen LogP contribution in [-0.4, -0.2) is 9.70 Å². The number of benzene rings is 2. The normalized spacial score (nSPS) is 12.6. The Morgan fingerprint density at radius 3 is 2.30 bits per heavy atom. The maximum Gasteiger partial charge on any atom is 0.298 e. The van der Waals surface area contributed by atoms with Crippen molar-refractivity contribution in [1.29, 1.82) is 0 Å². The first-order valence-electron chi connectivity index (χ1n) is 6.69. The number of carbonyl (C=O) groups is 1. The second kappa shape index (κ2) is 6.36. The number of para-hydroxylation sites is 1. The first kappa shape index (κ1) is 16.1. The summed E-state index contributed by atoms with van der Waals surface area (Å²) in [5.74, 6) is -0.280. The molecule has 0 radical (unpaired) electrons. The van der Waals surface area contributed by atoms with Gasteiger partial charge in [0.25, 0.3) is 9.70 Å². The highest BCUT2D eigenvalue weighted by molar-refractivity contribution is 6.76. The van der Waals surface area contributed by atoms with E-state index in [1.165, 1.54) is 0 Å². The van der Waals surface area contributed by atoms with E-state index in [4.69, 9.17) is 39.2 Å². The van der Waals surface area contributed by atoms with Gasteiger partial charge < -0.3 is 4.42 Å². The summed E-state index contributed by atoms with van der Waals surface area (Å²) in [5.41, 5.74) is 1.45. The van der Waals surface area contributed by atoms with Crippen molar-refractivity contribution in [2.24, 2.45) is 4.99 Å². The highest BCUT2D eigenvalue weighted by Gasteiger charge is 2.30. The SMILES string of the molecule is O=C(/N=c1\cc(-c2ccccc2)oc2ccccc12)C(Cl)(Cl)Cl. The Balaban J connectivity index is 2.28. The van der Waals surface area contributed by atoms with Gasteiger partial charge in [0.1, 0.15) is 11.3 Å². The van der Waals surface area contributed by atoms with Crippen molar-refractivity contribution in [2.45, 2.75) is 3.79 Å². The molecule has 0 N–H and O–H groups in total. The minimum absolute atomic E-state index is 0.391. The maximum absolute atomic E-state index is 11.9. The number of fused-ring (bicyclic) bond motifs is 1. The van der Waals surface area contributed by atoms with Crippen molar-refractivity contribution in [2.75, 3.05) is 0 Å². The predicted molar refractivity (Wildman–Crippen MR) is 92.5 cm³/mol. The van der Waals surface area contributed by atoms with Crippen molar-refractivity contribution in [3.05, 3.63) is 66.0 Å². The van der Waals surface area contributed by atoms with Crippen LogP contribution in [0.15, 0.2) is 70.1 Å². The van der Waals surface area contributed by atoms with Crippen LogP contribution in [-0.2, 0) is 4.79 Å². The highest BCUT2D eigenvalue weighted by atomic mass is 35.6. The lowest BCUT2D eigenvalue weighted by Crippen LogP contribution is -2.20. The average Bonchev–Trinajstić information content (AvgIpc) is 2.54. The molecule has 0 aliphatic rings. The third-order valence-corrected chi connectivity index (χ3v) is 3.66. The predicted octanol–water partition coefficient (Wildman–Crippen LogP) is 4.90. The lowest BCUT2D eigenvalue weighted by atomic mass is 10.1. The number of hydrogen-bond donors (Lipinski definition) is 0. The smallest absolute Gasteiger partial charge is 0.298 e. The molecule has 0 fully saturated rings. The standard InChI is InChI=1S/C17H10Cl3NO2/c18-17(19,20)16(22)21-13-10-15(11-6-2-1-3-7-11)23-14-9-5-4-8-12(13)14/h1-10H/b21-13+. The molecule has 0 bridgehead atoms. The van der Waals surface area contributed by atoms with Crippen LogP contribution in [0.25, 0.3) is 22.3 Å². The first-order chi connectivity index (χ1) is 10.9. The zero-order chi connectivity index (χ0) is 16.4. The summed E-state index contributed by atoms with van der Waals surface area (Å²) in [7, 11) is 0. The van der Waals surface area contributed by atoms with E-state index in [0.29, 0.717) is 22.1 Å². The largest absolute Gasteiger partial charge is 0.456 e. The summed E-state index contributed by atoms with van der Waals surface area (Å²) < 4.78 is 3.79. The van der Waals surface area contributed by atoms with E-state index < -0.39 is 9.70 Å². The molecule has 3 rings (SSSR count). The molecule has 3 aromatic rings. The van der Waals surface area contributed by atoms with Crippen molar-refractivity contribution in [1.82, 2.24) is 0 Å². The van der Waals surface area contributed by atoms with Gasteiger partial charge in [-0.25, -0.2) is 4.99 Å². The second-order valence-electron chi connectivity index (χ2n) is 4.77. The Morgan fingerprint density at radius 1 is 0.957 bits per heavy atom. The fraction of sp³-hybridized carbons (Fsp3) is 0.0588. The van der Waals surface area contributed by atoms with Crippen LogP contribution in [0.3, 0.4) is 0 Å². The molecule has 116 valence electrons. The Bertz CT molecular complexity index is 928. The van der Waals surface area contributed by atoms with Gasteiger partial charge in [-0.05, 0) is 12.1 Å². The number of hydrogen-bond acceptors (Lipinski definition) is 2. The van der Waals surface area contributed by atoms with E-state index in [1.807, 2.05) is 42.5 Å². The molecular formula is C17H10Cl3NO2. The van der Waals surface area contributed by atoms with Crippen LogP contribution in [0, 0.1) is 0 Å². The molecule has 0 saturated carbocycles. The number of nitrogens with zero attached hydrogens (tertiary/aromatic N) is 1. The molecule has 3 nitrogen and oxygen atoms in total. The number of halogens is 3. The van der Waals surface area contributed by atoms with Gasteiger partial charge in [-0.3, -0.25) is 4.79 Å². The number of rotatable bonds is 1. The van der Waals surface area contributed by atoms with Crippen molar-refractivity contribution in [3.8, 4) is 11.3 Å². The lowest BCUT2D eigenvalue weighted by molar-refractivity contribution is -0.117. The molecule has 0 spiro atoms. The van der Waals surface area contributed by atoms with Gasteiger partial charge in [-0.2, -0.15) is 0 Å². The fourth-order valence-electron chi connectivity index (χ4n) is 2.13. The fourth-order valence-corrected chi connectivity index (χ4v) is 2.25. The van der Waals surface area contributed by atoms with Gasteiger partial charge in [-0.15, -0.1) is 0 Å². The van der Waals surface area contributed by atoms with Crippen molar-refractivity contribution in [3.63, 3.8) is 0 Å². The third kappa shape index (κ3) is 3.58. The number of alkyl halides is 3. The van der Waals surface area contributed by atoms with Gasteiger partial charge >= 0.3 is 0 Å². The first-order valence-corrected chi connectivity index (χ1v) is 7.83. The van der Waals surface area contributed by atoms with Gasteiger partial charge in [0.15, 0.2) is 0 Å². The molecule has 1 aromatic heterocycles. The molecule has 0 atom stereocenters. The summed E-state index contributed by atoms with van der Waals surface area (Å²) in [6.45, 7) is 0. The zero-order valence-electron chi connectivity index (χ0n) is 11.7. The van der Waals surface area contributed by atoms with E-state index in [2.05, 4.69) is 4.99 Å². The van der Waals surface area contributed by atoms with E-state index in [-0.39, 0.29) is 0 Å². The number of carbonyl (C=O) groups excluding carboxylic acids is 1. The van der Waals surface area contributed by atoms with Gasteiger partial charge in [0.05, 0.1) is 5.36 Å². The Hall–Kier alpha value is -1.81. The molecule has 1 heterocycles. The maximum atomic E-state index is 11.9. The molecule has 2 aromatic carbocycles. The summed E-state index contributed by atoms with van der Waals surface area (Å²) in [5, 5.41) is 1.05. The van der Waals surface area contributed by atoms with Crippen molar-refractivity contribution >= 4 is 51.7 Å². The Kier molecular flexibility index (Phi) is 4.44. The topological polar surface area (TPSA) is 42.6 Å². The minimum atomic E-state index is -2.10. The molecule has 1 amide bonds. The highest BCUT2D eigenvalue weighted by Crippen LogP contribution is 2.27. The third-order valence-electron chi connectivity index (χ3n) is 3.17. The molecule has 6 heteroatoms. The van der Waals surface area contributed by atoms with E-state index in [1.54, 1.807) is 18.2 Å². The van der Waals surface area contributed by atoms with E-state index in [0.717, 1.165) is 5.56 Å². The molecular weight excluding hydrogens is 357 g/mol. The lowest BCUT2D eigenvalue weighted by Gasteiger charge is -2.06. The van der Waals surface area contributed by atoms with Crippen molar-refractivity contribution < 1.29 is 9.21 Å². The van der Waals surface area contributed by atoms with Crippen LogP contribution >= 0.6 is 34.8 Å². The Labute approximate surface area is 147 Å².